The minimum absolute atomic E-state index is 0.0639. The Morgan fingerprint density at radius 3 is 2.58 bits per heavy atom. The summed E-state index contributed by atoms with van der Waals surface area (Å²) in [4.78, 5) is 36.0. The second kappa shape index (κ2) is 6.96. The van der Waals surface area contributed by atoms with E-state index in [-0.39, 0.29) is 36.2 Å². The summed E-state index contributed by atoms with van der Waals surface area (Å²) in [5, 5.41) is 20.6. The first-order valence-corrected chi connectivity index (χ1v) is 7.61. The third-order valence-electron chi connectivity index (χ3n) is 4.24. The molecule has 1 amide bonds. The Morgan fingerprint density at radius 2 is 2.08 bits per heavy atom. The summed E-state index contributed by atoms with van der Waals surface area (Å²) in [7, 11) is 1.46. The van der Waals surface area contributed by atoms with Gasteiger partial charge in [-0.25, -0.2) is 4.79 Å². The summed E-state index contributed by atoms with van der Waals surface area (Å²) in [5.74, 6) is -1.72. The van der Waals surface area contributed by atoms with Crippen molar-refractivity contribution in [2.45, 2.75) is 38.3 Å². The number of amides is 1. The number of carbonyl (C=O) groups is 2. The van der Waals surface area contributed by atoms with Crippen molar-refractivity contribution in [2.24, 2.45) is 0 Å². The van der Waals surface area contributed by atoms with Crippen molar-refractivity contribution in [3.05, 3.63) is 39.4 Å². The van der Waals surface area contributed by atoms with E-state index in [1.165, 1.54) is 24.1 Å². The summed E-state index contributed by atoms with van der Waals surface area (Å²) in [6.07, 6.45) is -0.163. The minimum Gasteiger partial charge on any atom is -0.480 e. The Bertz CT molecular complexity index is 673. The topological polar surface area (TPSA) is 110 Å². The lowest BCUT2D eigenvalue weighted by Crippen LogP contribution is -2.40. The van der Waals surface area contributed by atoms with Gasteiger partial charge in [-0.1, -0.05) is 19.9 Å². The first kappa shape index (κ1) is 17.9. The Morgan fingerprint density at radius 1 is 1.42 bits per heavy atom. The van der Waals surface area contributed by atoms with Crippen LogP contribution >= 0.6 is 0 Å². The summed E-state index contributed by atoms with van der Waals surface area (Å²) < 4.78 is 5.15. The minimum atomic E-state index is -1.11. The number of carbonyl (C=O) groups excluding carboxylic acids is 1. The van der Waals surface area contributed by atoms with Gasteiger partial charge in [-0.2, -0.15) is 0 Å². The first-order valence-electron chi connectivity index (χ1n) is 7.61. The van der Waals surface area contributed by atoms with E-state index in [9.17, 15) is 24.8 Å². The number of hydrogen-bond acceptors (Lipinski definition) is 5. The fourth-order valence-corrected chi connectivity index (χ4v) is 2.92. The largest absolute Gasteiger partial charge is 0.480 e. The van der Waals surface area contributed by atoms with Crippen LogP contribution in [0.2, 0.25) is 0 Å². The maximum Gasteiger partial charge on any atom is 0.326 e. The molecule has 1 N–H and O–H groups in total. The van der Waals surface area contributed by atoms with Crippen molar-refractivity contribution < 1.29 is 24.4 Å². The molecule has 0 spiro atoms. The number of nitro benzene ring substituents is 1. The number of nitrogens with zero attached hydrogens (tertiary/aromatic N) is 2. The molecule has 2 atom stereocenters. The Hall–Kier alpha value is -2.48. The van der Waals surface area contributed by atoms with E-state index < -0.39 is 22.8 Å². The summed E-state index contributed by atoms with van der Waals surface area (Å²) >= 11 is 0. The molecule has 1 aliphatic rings. The quantitative estimate of drug-likeness (QED) is 0.651. The van der Waals surface area contributed by atoms with Crippen molar-refractivity contribution in [1.29, 1.82) is 0 Å². The number of hydrogen-bond donors (Lipinski definition) is 1. The number of methoxy groups -OCH3 is 1. The van der Waals surface area contributed by atoms with Crippen molar-refractivity contribution >= 4 is 17.6 Å². The monoisotopic (exact) mass is 336 g/mol. The molecule has 1 heterocycles. The third-order valence-corrected chi connectivity index (χ3v) is 4.24. The van der Waals surface area contributed by atoms with E-state index in [0.717, 1.165) is 0 Å². The molecule has 24 heavy (non-hydrogen) atoms. The van der Waals surface area contributed by atoms with E-state index in [1.807, 2.05) is 13.8 Å². The summed E-state index contributed by atoms with van der Waals surface area (Å²) in [6.45, 7) is 3.80. The van der Waals surface area contributed by atoms with E-state index in [4.69, 9.17) is 4.74 Å². The normalized spacial score (nSPS) is 20.4. The Kier molecular flexibility index (Phi) is 5.18. The molecule has 8 heteroatoms. The average molecular weight is 336 g/mol. The third kappa shape index (κ3) is 3.38. The van der Waals surface area contributed by atoms with Gasteiger partial charge in [0.1, 0.15) is 6.04 Å². The van der Waals surface area contributed by atoms with Gasteiger partial charge in [0.25, 0.3) is 11.6 Å². The molecule has 130 valence electrons. The van der Waals surface area contributed by atoms with Crippen LogP contribution in [-0.2, 0) is 9.53 Å². The molecule has 0 aromatic heterocycles. The number of nitro groups is 1. The molecule has 1 fully saturated rings. The number of carboxylic acids is 1. The van der Waals surface area contributed by atoms with Crippen LogP contribution in [-0.4, -0.2) is 52.6 Å². The van der Waals surface area contributed by atoms with Crippen LogP contribution in [0.3, 0.4) is 0 Å². The molecule has 1 saturated heterocycles. The molecule has 1 aliphatic heterocycles. The lowest BCUT2D eigenvalue weighted by Gasteiger charge is -2.21. The highest BCUT2D eigenvalue weighted by molar-refractivity contribution is 5.97. The zero-order valence-corrected chi connectivity index (χ0v) is 13.8. The van der Waals surface area contributed by atoms with Crippen molar-refractivity contribution in [2.75, 3.05) is 13.7 Å². The summed E-state index contributed by atoms with van der Waals surface area (Å²) in [6, 6.07) is 3.28. The molecule has 0 saturated carbocycles. The van der Waals surface area contributed by atoms with Gasteiger partial charge in [-0.15, -0.1) is 0 Å². The lowest BCUT2D eigenvalue weighted by atomic mass is 9.99. The standard InChI is InChI=1S/C16H20N2O6/c1-9(2)12-5-4-10(6-13(12)18(22)23)15(19)17-8-11(24-3)7-14(17)16(20)21/h4-6,9,11,14H,7-8H2,1-3H3,(H,20,21). The highest BCUT2D eigenvalue weighted by Gasteiger charge is 2.40. The maximum absolute atomic E-state index is 12.7. The van der Waals surface area contributed by atoms with Gasteiger partial charge in [-0.05, 0) is 12.0 Å². The van der Waals surface area contributed by atoms with Crippen LogP contribution in [0.5, 0.6) is 0 Å². The van der Waals surface area contributed by atoms with Gasteiger partial charge in [0.05, 0.1) is 11.0 Å². The molecule has 0 aliphatic carbocycles. The molecule has 0 radical (unpaired) electrons. The fraction of sp³-hybridized carbons (Fsp3) is 0.500. The van der Waals surface area contributed by atoms with E-state index in [0.29, 0.717) is 5.56 Å². The fourth-order valence-electron chi connectivity index (χ4n) is 2.92. The second-order valence-corrected chi connectivity index (χ2v) is 6.09. The van der Waals surface area contributed by atoms with Crippen LogP contribution in [0.25, 0.3) is 0 Å². The number of ether oxygens (including phenoxy) is 1. The highest BCUT2D eigenvalue weighted by atomic mass is 16.6. The predicted molar refractivity (Wildman–Crippen MR) is 85.1 cm³/mol. The Balaban J connectivity index is 2.37. The smallest absolute Gasteiger partial charge is 0.326 e. The number of carboxylic acid groups (broad SMARTS) is 1. The first-order chi connectivity index (χ1) is 11.3. The second-order valence-electron chi connectivity index (χ2n) is 6.09. The maximum atomic E-state index is 12.7. The summed E-state index contributed by atoms with van der Waals surface area (Å²) in [5.41, 5.74) is 0.502. The van der Waals surface area contributed by atoms with Gasteiger partial charge < -0.3 is 14.7 Å². The molecule has 0 bridgehead atoms. The van der Waals surface area contributed by atoms with Crippen molar-refractivity contribution in [3.8, 4) is 0 Å². The van der Waals surface area contributed by atoms with Gasteiger partial charge in [0.2, 0.25) is 0 Å². The average Bonchev–Trinajstić information content (AvgIpc) is 2.98. The molecule has 2 unspecified atom stereocenters. The van der Waals surface area contributed by atoms with Crippen LogP contribution in [0.4, 0.5) is 5.69 Å². The molecule has 1 aromatic carbocycles. The highest BCUT2D eigenvalue weighted by Crippen LogP contribution is 2.29. The predicted octanol–water partition coefficient (Wildman–Crippen LogP) is 2.03. The van der Waals surface area contributed by atoms with Crippen LogP contribution in [0, 0.1) is 10.1 Å². The van der Waals surface area contributed by atoms with Gasteiger partial charge >= 0.3 is 5.97 Å². The Labute approximate surface area is 139 Å². The van der Waals surface area contributed by atoms with Crippen LogP contribution in [0.1, 0.15) is 42.1 Å². The SMILES string of the molecule is COC1CC(C(=O)O)N(C(=O)c2ccc(C(C)C)c([N+](=O)[O-])c2)C1. The molecule has 1 aromatic rings. The van der Waals surface area contributed by atoms with Gasteiger partial charge in [0, 0.05) is 37.3 Å². The number of rotatable bonds is 5. The lowest BCUT2D eigenvalue weighted by molar-refractivity contribution is -0.385. The van der Waals surface area contributed by atoms with E-state index >= 15 is 0 Å². The zero-order valence-electron chi connectivity index (χ0n) is 13.8. The van der Waals surface area contributed by atoms with Crippen LogP contribution in [0.15, 0.2) is 18.2 Å². The van der Waals surface area contributed by atoms with Gasteiger partial charge in [0.15, 0.2) is 0 Å². The van der Waals surface area contributed by atoms with Crippen molar-refractivity contribution in [3.63, 3.8) is 0 Å². The van der Waals surface area contributed by atoms with Crippen LogP contribution < -0.4 is 0 Å². The molecule has 2 rings (SSSR count). The van der Waals surface area contributed by atoms with E-state index in [1.54, 1.807) is 6.07 Å². The molecule has 8 nitrogen and oxygen atoms in total. The number of likely N-dealkylation sites (tertiary alicyclic amines) is 1. The number of benzene rings is 1. The zero-order chi connectivity index (χ0) is 18.0. The number of aliphatic carboxylic acids is 1. The van der Waals surface area contributed by atoms with Gasteiger partial charge in [-0.3, -0.25) is 14.9 Å². The molecular formula is C16H20N2O6. The van der Waals surface area contributed by atoms with E-state index in [2.05, 4.69) is 0 Å². The van der Waals surface area contributed by atoms with Crippen molar-refractivity contribution in [1.82, 2.24) is 4.90 Å². The molecular weight excluding hydrogens is 316 g/mol.